The minimum absolute atomic E-state index is 0.0296. The molecule has 3 heterocycles. The number of nitrogens with one attached hydrogen (secondary N) is 2. The maximum absolute atomic E-state index is 14.3. The van der Waals surface area contributed by atoms with Crippen LogP contribution in [0, 0.1) is 5.92 Å². The molecule has 70 heavy (non-hydrogen) atoms. The smallest absolute Gasteiger partial charge is 0.416 e. The standard InChI is InChI=1S/C52H63N7O11/c1-9-13-33(11-3)27-57-29-46(60)59(52(65)70-30-34-15-17-36(18-16-34)56-48(61)32(6)55-49(62)47(53)31(4)5)41-25-45(43(67-8)23-39(41)50(57)63)69-20-12-19-68-44-24-40-38(22-42(44)66-7)51(64)58-28-35(14-10-2)21-37(58)26-54-40/h9-10,13-18,22-28,31-32,37,46-47,60H,11-12,19-21,29-30,53H2,1-8H3,(H,55,62)(H,56,61)/b13-9+,14-10+,33-27+/t32-,37-,46-,47-/m0/s1. The summed E-state index contributed by atoms with van der Waals surface area (Å²) in [6.07, 6.45) is 12.0. The predicted molar refractivity (Wildman–Crippen MR) is 266 cm³/mol. The van der Waals surface area contributed by atoms with Crippen LogP contribution in [-0.2, 0) is 20.9 Å². The quantitative estimate of drug-likeness (QED) is 0.0694. The Kier molecular flexibility index (Phi) is 17.6. The second-order valence-corrected chi connectivity index (χ2v) is 17.2. The van der Waals surface area contributed by atoms with Crippen LogP contribution in [0.5, 0.6) is 23.0 Å². The number of carbonyl (C=O) groups excluding carboxylic acids is 5. The molecule has 0 fully saturated rings. The van der Waals surface area contributed by atoms with Gasteiger partial charge in [-0.1, -0.05) is 57.2 Å². The first-order chi connectivity index (χ1) is 33.6. The van der Waals surface area contributed by atoms with E-state index in [1.54, 1.807) is 60.6 Å². The Balaban J connectivity index is 1.16. The van der Waals surface area contributed by atoms with Crippen molar-refractivity contribution in [1.29, 1.82) is 0 Å². The van der Waals surface area contributed by atoms with E-state index >= 15 is 0 Å². The Labute approximate surface area is 408 Å². The fourth-order valence-electron chi connectivity index (χ4n) is 7.83. The van der Waals surface area contributed by atoms with Crippen LogP contribution in [0.3, 0.4) is 0 Å². The van der Waals surface area contributed by atoms with Crippen molar-refractivity contribution in [3.05, 3.63) is 113 Å². The highest BCUT2D eigenvalue weighted by atomic mass is 16.6. The molecule has 0 unspecified atom stereocenters. The molecule has 3 aromatic rings. The summed E-state index contributed by atoms with van der Waals surface area (Å²) in [6.45, 7) is 10.7. The second-order valence-electron chi connectivity index (χ2n) is 17.2. The van der Waals surface area contributed by atoms with Gasteiger partial charge in [0.2, 0.25) is 11.8 Å². The zero-order valence-corrected chi connectivity index (χ0v) is 40.9. The van der Waals surface area contributed by atoms with Crippen LogP contribution < -0.4 is 40.2 Å². The van der Waals surface area contributed by atoms with Crippen molar-refractivity contribution in [3.63, 3.8) is 0 Å². The van der Waals surface area contributed by atoms with Crippen LogP contribution in [0.15, 0.2) is 101 Å². The molecule has 4 atom stereocenters. The molecule has 0 aliphatic carbocycles. The van der Waals surface area contributed by atoms with E-state index in [-0.39, 0.29) is 67.0 Å². The van der Waals surface area contributed by atoms with Crippen molar-refractivity contribution >= 4 is 53.0 Å². The average molecular weight is 962 g/mol. The molecule has 3 aromatic carbocycles. The van der Waals surface area contributed by atoms with Crippen LogP contribution in [0.4, 0.5) is 21.9 Å². The van der Waals surface area contributed by atoms with Crippen LogP contribution in [0.25, 0.3) is 0 Å². The topological polar surface area (TPSA) is 224 Å². The third kappa shape index (κ3) is 12.2. The Morgan fingerprint density at radius 1 is 0.900 bits per heavy atom. The number of nitrogens with two attached hydrogens (primary N) is 1. The maximum atomic E-state index is 14.3. The van der Waals surface area contributed by atoms with Crippen LogP contribution >= 0.6 is 0 Å². The number of allylic oxidation sites excluding steroid dienone is 5. The van der Waals surface area contributed by atoms with Gasteiger partial charge in [0, 0.05) is 42.9 Å². The summed E-state index contributed by atoms with van der Waals surface area (Å²) in [5.74, 6) is -0.522. The lowest BCUT2D eigenvalue weighted by molar-refractivity contribution is -0.127. The molecule has 18 heteroatoms. The van der Waals surface area contributed by atoms with Gasteiger partial charge in [0.25, 0.3) is 11.8 Å². The molecule has 372 valence electrons. The molecular formula is C52H63N7O11. The average Bonchev–Trinajstić information content (AvgIpc) is 3.67. The Morgan fingerprint density at radius 2 is 1.57 bits per heavy atom. The number of aliphatic hydroxyl groups is 1. The minimum atomic E-state index is -1.55. The SMILES string of the molecule is C/C=C/C1=CN2C(=O)c3cc(OC)c(OCCCOc4cc5c(cc4OC)C(=O)N(/C=C(/C=C/C)CC)C[C@H](O)N5C(=O)OCc4ccc(NC(=O)[C@H](C)NC(=O)[C@@H](N)C(C)C)cc4)cc3N=C[C@@H]2C1. The van der Waals surface area contributed by atoms with Crippen molar-refractivity contribution in [2.75, 3.05) is 44.2 Å². The monoisotopic (exact) mass is 961 g/mol. The van der Waals surface area contributed by atoms with E-state index in [0.29, 0.717) is 53.3 Å². The predicted octanol–water partition coefficient (Wildman–Crippen LogP) is 7.16. The lowest BCUT2D eigenvalue weighted by atomic mass is 10.0. The maximum Gasteiger partial charge on any atom is 0.416 e. The molecule has 0 bridgehead atoms. The number of methoxy groups -OCH3 is 2. The zero-order chi connectivity index (χ0) is 50.6. The van der Waals surface area contributed by atoms with Crippen molar-refractivity contribution in [2.24, 2.45) is 16.6 Å². The minimum Gasteiger partial charge on any atom is -0.493 e. The summed E-state index contributed by atoms with van der Waals surface area (Å²) in [5, 5.41) is 17.1. The fraction of sp³-hybridized carbons (Fsp3) is 0.385. The van der Waals surface area contributed by atoms with Gasteiger partial charge in [-0.2, -0.15) is 0 Å². The number of rotatable bonds is 19. The molecule has 0 aromatic heterocycles. The summed E-state index contributed by atoms with van der Waals surface area (Å²) in [7, 11) is 2.92. The number of hydrogen-bond acceptors (Lipinski definition) is 13. The van der Waals surface area contributed by atoms with E-state index in [1.807, 2.05) is 65.1 Å². The number of ether oxygens (including phenoxy) is 5. The first kappa shape index (κ1) is 51.9. The highest BCUT2D eigenvalue weighted by Gasteiger charge is 2.38. The molecule has 5 N–H and O–H groups in total. The summed E-state index contributed by atoms with van der Waals surface area (Å²) in [4.78, 5) is 75.8. The van der Waals surface area contributed by atoms with Gasteiger partial charge in [0.15, 0.2) is 29.2 Å². The normalized spacial score (nSPS) is 17.6. The van der Waals surface area contributed by atoms with Crippen molar-refractivity contribution < 1.29 is 52.8 Å². The number of anilines is 2. The van der Waals surface area contributed by atoms with Gasteiger partial charge in [-0.05, 0) is 80.5 Å². The molecular weight excluding hydrogens is 899 g/mol. The number of aliphatic hydroxyl groups excluding tert-OH is 1. The van der Waals surface area contributed by atoms with Gasteiger partial charge in [-0.15, -0.1) is 0 Å². The van der Waals surface area contributed by atoms with E-state index in [4.69, 9.17) is 29.4 Å². The highest BCUT2D eigenvalue weighted by Crippen LogP contribution is 2.41. The van der Waals surface area contributed by atoms with Crippen molar-refractivity contribution in [3.8, 4) is 23.0 Å². The van der Waals surface area contributed by atoms with E-state index < -0.39 is 42.1 Å². The summed E-state index contributed by atoms with van der Waals surface area (Å²) in [5.41, 5.74) is 9.69. The number of fused-ring (bicyclic) bond motifs is 3. The third-order valence-corrected chi connectivity index (χ3v) is 11.8. The summed E-state index contributed by atoms with van der Waals surface area (Å²) < 4.78 is 29.4. The lowest BCUT2D eigenvalue weighted by Gasteiger charge is -2.27. The Hall–Kier alpha value is -7.44. The van der Waals surface area contributed by atoms with Gasteiger partial charge in [-0.3, -0.25) is 24.2 Å². The van der Waals surface area contributed by atoms with Crippen LogP contribution in [0.2, 0.25) is 0 Å². The van der Waals surface area contributed by atoms with Gasteiger partial charge in [0.1, 0.15) is 12.6 Å². The molecule has 0 spiro atoms. The van der Waals surface area contributed by atoms with Crippen LogP contribution in [0.1, 0.15) is 87.1 Å². The largest absolute Gasteiger partial charge is 0.493 e. The van der Waals surface area contributed by atoms with Gasteiger partial charge in [0.05, 0.1) is 68.6 Å². The number of β-amino-alcohol motifs (C(OH)–C–C–N with tert-alkyl or cyclic N) is 1. The Bertz CT molecular complexity index is 2590. The summed E-state index contributed by atoms with van der Waals surface area (Å²) in [6, 6.07) is 11.0. The molecule has 0 saturated carbocycles. The molecule has 3 aliphatic heterocycles. The summed E-state index contributed by atoms with van der Waals surface area (Å²) >= 11 is 0. The Morgan fingerprint density at radius 3 is 2.20 bits per heavy atom. The molecule has 18 nitrogen and oxygen atoms in total. The lowest BCUT2D eigenvalue weighted by Crippen LogP contribution is -2.50. The van der Waals surface area contributed by atoms with Gasteiger partial charge < -0.3 is 55.0 Å². The second kappa shape index (κ2) is 23.7. The first-order valence-electron chi connectivity index (χ1n) is 23.2. The number of amides is 5. The molecule has 0 radical (unpaired) electrons. The first-order valence-corrected chi connectivity index (χ1v) is 23.2. The number of nitrogens with zero attached hydrogens (tertiary/aromatic N) is 4. The number of carbonyl (C=O) groups is 5. The highest BCUT2D eigenvalue weighted by molar-refractivity contribution is 6.06. The number of aliphatic imine (C=N–C) groups is 1. The molecule has 6 rings (SSSR count). The number of hydrogen-bond donors (Lipinski definition) is 4. The number of benzene rings is 3. The van der Waals surface area contributed by atoms with Crippen molar-refractivity contribution in [1.82, 2.24) is 15.1 Å². The van der Waals surface area contributed by atoms with E-state index in [1.165, 1.54) is 31.3 Å². The van der Waals surface area contributed by atoms with Gasteiger partial charge in [-0.25, -0.2) is 9.69 Å². The van der Waals surface area contributed by atoms with Crippen molar-refractivity contribution in [2.45, 2.75) is 91.8 Å². The zero-order valence-electron chi connectivity index (χ0n) is 40.9. The molecule has 0 saturated heterocycles. The molecule has 5 amide bonds. The van der Waals surface area contributed by atoms with E-state index in [9.17, 15) is 29.1 Å². The third-order valence-electron chi connectivity index (χ3n) is 11.8. The van der Waals surface area contributed by atoms with E-state index in [0.717, 1.165) is 16.0 Å². The van der Waals surface area contributed by atoms with Crippen LogP contribution in [-0.4, -0.2) is 109 Å². The fourth-order valence-corrected chi connectivity index (χ4v) is 7.83. The van der Waals surface area contributed by atoms with Gasteiger partial charge >= 0.3 is 6.09 Å². The molecule has 3 aliphatic rings. The van der Waals surface area contributed by atoms with E-state index in [2.05, 4.69) is 15.6 Å².